The molecule has 0 heterocycles. The Hall–Kier alpha value is -2.09. The number of anilines is 1. The molecule has 0 aliphatic carbocycles. The van der Waals surface area contributed by atoms with Crippen LogP contribution < -0.4 is 5.32 Å². The predicted molar refractivity (Wildman–Crippen MR) is 63.4 cm³/mol. The Morgan fingerprint density at radius 3 is 2.65 bits per heavy atom. The zero-order valence-corrected chi connectivity index (χ0v) is 10.2. The Morgan fingerprint density at radius 1 is 1.35 bits per heavy atom. The number of carboxylic acids is 1. The summed E-state index contributed by atoms with van der Waals surface area (Å²) in [6, 6.07) is 3.42. The molecule has 0 bridgehead atoms. The van der Waals surface area contributed by atoms with E-state index in [4.69, 9.17) is 5.11 Å². The van der Waals surface area contributed by atoms with Crippen LogP contribution in [0.3, 0.4) is 0 Å². The van der Waals surface area contributed by atoms with Gasteiger partial charge in [0.25, 0.3) is 6.43 Å². The van der Waals surface area contributed by atoms with Crippen LogP contribution in [0.5, 0.6) is 0 Å². The molecule has 0 aliphatic heterocycles. The van der Waals surface area contributed by atoms with Gasteiger partial charge in [-0.3, -0.25) is 4.79 Å². The first-order valence-electron chi connectivity index (χ1n) is 5.59. The van der Waals surface area contributed by atoms with Crippen LogP contribution in [0.2, 0.25) is 0 Å². The zero-order chi connectivity index (χ0) is 15.1. The van der Waals surface area contributed by atoms with E-state index < -0.39 is 36.3 Å². The van der Waals surface area contributed by atoms with Crippen molar-refractivity contribution in [1.29, 1.82) is 0 Å². The van der Waals surface area contributed by atoms with Gasteiger partial charge in [0.1, 0.15) is 18.0 Å². The monoisotopic (exact) mass is 291 g/mol. The molecule has 0 atom stereocenters. The van der Waals surface area contributed by atoms with Crippen LogP contribution in [0.15, 0.2) is 18.2 Å². The third-order valence-electron chi connectivity index (χ3n) is 2.22. The molecule has 0 aromatic heterocycles. The first kappa shape index (κ1) is 16.0. The molecule has 5 nitrogen and oxygen atoms in total. The number of nitrogens with one attached hydrogen (secondary N) is 1. The number of carboxylic acid groups (broad SMARTS) is 1. The maximum atomic E-state index is 13.3. The summed E-state index contributed by atoms with van der Waals surface area (Å²) in [5.41, 5.74) is -0.856. The number of benzene rings is 1. The fraction of sp³-hybridized carbons (Fsp3) is 0.333. The molecule has 110 valence electrons. The van der Waals surface area contributed by atoms with Crippen LogP contribution in [0.25, 0.3) is 0 Å². The number of alkyl halides is 2. The van der Waals surface area contributed by atoms with Crippen LogP contribution >= 0.6 is 0 Å². The van der Waals surface area contributed by atoms with E-state index in [9.17, 15) is 22.8 Å². The highest BCUT2D eigenvalue weighted by Crippen LogP contribution is 2.19. The van der Waals surface area contributed by atoms with E-state index >= 15 is 0 Å². The largest absolute Gasteiger partial charge is 0.478 e. The van der Waals surface area contributed by atoms with Gasteiger partial charge in [-0.2, -0.15) is 0 Å². The molecular formula is C12H12F3NO4. The molecule has 0 aliphatic rings. The number of halogens is 3. The van der Waals surface area contributed by atoms with Crippen molar-refractivity contribution >= 4 is 17.6 Å². The van der Waals surface area contributed by atoms with Crippen molar-refractivity contribution in [3.63, 3.8) is 0 Å². The molecule has 2 N–H and O–H groups in total. The van der Waals surface area contributed by atoms with Gasteiger partial charge in [-0.25, -0.2) is 18.0 Å². The highest BCUT2D eigenvalue weighted by molar-refractivity contribution is 6.00. The molecule has 1 aromatic carbocycles. The Labute approximate surface area is 112 Å². The molecule has 0 unspecified atom stereocenters. The second kappa shape index (κ2) is 7.49. The minimum atomic E-state index is -2.63. The highest BCUT2D eigenvalue weighted by atomic mass is 19.3. The van der Waals surface area contributed by atoms with Crippen molar-refractivity contribution in [2.75, 3.05) is 18.5 Å². The molecule has 8 heteroatoms. The smallest absolute Gasteiger partial charge is 0.340 e. The quantitative estimate of drug-likeness (QED) is 0.755. The summed E-state index contributed by atoms with van der Waals surface area (Å²) in [7, 11) is 0. The number of amides is 1. The lowest BCUT2D eigenvalue weighted by Gasteiger charge is -2.09. The summed E-state index contributed by atoms with van der Waals surface area (Å²) < 4.78 is 41.3. The van der Waals surface area contributed by atoms with Crippen molar-refractivity contribution in [3.8, 4) is 0 Å². The molecule has 0 saturated carbocycles. The van der Waals surface area contributed by atoms with Gasteiger partial charge >= 0.3 is 5.97 Å². The average Bonchev–Trinajstić information content (AvgIpc) is 2.34. The third-order valence-corrected chi connectivity index (χ3v) is 2.22. The second-order valence-electron chi connectivity index (χ2n) is 3.73. The third kappa shape index (κ3) is 4.88. The van der Waals surface area contributed by atoms with Gasteiger partial charge in [-0.15, -0.1) is 0 Å². The number of ether oxygens (including phenoxy) is 1. The Bertz CT molecular complexity index is 494. The van der Waals surface area contributed by atoms with Crippen molar-refractivity contribution in [2.45, 2.75) is 12.8 Å². The van der Waals surface area contributed by atoms with Crippen LogP contribution in [0.4, 0.5) is 18.9 Å². The van der Waals surface area contributed by atoms with E-state index in [-0.39, 0.29) is 18.7 Å². The molecule has 20 heavy (non-hydrogen) atoms. The van der Waals surface area contributed by atoms with Gasteiger partial charge in [0.2, 0.25) is 5.91 Å². The molecule has 1 amide bonds. The first-order valence-corrected chi connectivity index (χ1v) is 5.59. The fourth-order valence-corrected chi connectivity index (χ4v) is 1.40. The summed E-state index contributed by atoms with van der Waals surface area (Å²) in [4.78, 5) is 22.3. The Morgan fingerprint density at radius 2 is 2.05 bits per heavy atom. The predicted octanol–water partition coefficient (Wildman–Crippen LogP) is 2.13. The van der Waals surface area contributed by atoms with Gasteiger partial charge in [0.15, 0.2) is 0 Å². The summed E-state index contributed by atoms with van der Waals surface area (Å²) in [6.45, 7) is -1.03. The van der Waals surface area contributed by atoms with Gasteiger partial charge < -0.3 is 15.2 Å². The minimum absolute atomic E-state index is 0.198. The van der Waals surface area contributed by atoms with Crippen molar-refractivity contribution in [2.24, 2.45) is 0 Å². The van der Waals surface area contributed by atoms with E-state index in [0.717, 1.165) is 6.07 Å². The summed E-state index contributed by atoms with van der Waals surface area (Å²) in [5.74, 6) is -3.16. The van der Waals surface area contributed by atoms with E-state index in [1.54, 1.807) is 0 Å². The van der Waals surface area contributed by atoms with E-state index in [1.807, 2.05) is 0 Å². The van der Waals surface area contributed by atoms with Gasteiger partial charge in [-0.1, -0.05) is 6.07 Å². The normalized spacial score (nSPS) is 10.6. The maximum Gasteiger partial charge on any atom is 0.340 e. The van der Waals surface area contributed by atoms with Crippen molar-refractivity contribution in [1.82, 2.24) is 0 Å². The lowest BCUT2D eigenvalue weighted by atomic mass is 10.1. The Balaban J connectivity index is 2.58. The second-order valence-corrected chi connectivity index (χ2v) is 3.73. The van der Waals surface area contributed by atoms with Crippen molar-refractivity contribution in [3.05, 3.63) is 29.6 Å². The Kier molecular flexibility index (Phi) is 5.98. The number of rotatable bonds is 7. The lowest BCUT2D eigenvalue weighted by molar-refractivity contribution is -0.117. The van der Waals surface area contributed by atoms with Crippen LogP contribution in [0.1, 0.15) is 16.8 Å². The average molecular weight is 291 g/mol. The SMILES string of the molecule is O=C(CCOCC(F)F)Nc1cccc(F)c1C(=O)O. The topological polar surface area (TPSA) is 75.6 Å². The number of hydrogen-bond donors (Lipinski definition) is 2. The molecule has 0 radical (unpaired) electrons. The number of carbonyl (C=O) groups is 2. The molecule has 0 fully saturated rings. The number of hydrogen-bond acceptors (Lipinski definition) is 3. The maximum absolute atomic E-state index is 13.3. The van der Waals surface area contributed by atoms with E-state index in [2.05, 4.69) is 10.1 Å². The molecule has 0 saturated heterocycles. The minimum Gasteiger partial charge on any atom is -0.478 e. The first-order chi connectivity index (χ1) is 9.41. The number of carbonyl (C=O) groups excluding carboxylic acids is 1. The van der Waals surface area contributed by atoms with Gasteiger partial charge in [-0.05, 0) is 12.1 Å². The van der Waals surface area contributed by atoms with E-state index in [0.29, 0.717) is 0 Å². The van der Waals surface area contributed by atoms with Gasteiger partial charge in [0.05, 0.1) is 18.7 Å². The zero-order valence-electron chi connectivity index (χ0n) is 10.2. The molecule has 1 rings (SSSR count). The van der Waals surface area contributed by atoms with Crippen molar-refractivity contribution < 1.29 is 32.6 Å². The van der Waals surface area contributed by atoms with E-state index in [1.165, 1.54) is 12.1 Å². The molecule has 0 spiro atoms. The fourth-order valence-electron chi connectivity index (χ4n) is 1.40. The highest BCUT2D eigenvalue weighted by Gasteiger charge is 2.17. The summed E-state index contributed by atoms with van der Waals surface area (Å²) >= 11 is 0. The molecule has 1 aromatic rings. The number of aromatic carboxylic acids is 1. The van der Waals surface area contributed by atoms with Crippen LogP contribution in [-0.4, -0.2) is 36.6 Å². The van der Waals surface area contributed by atoms with Crippen LogP contribution in [0, 0.1) is 5.82 Å². The van der Waals surface area contributed by atoms with Crippen LogP contribution in [-0.2, 0) is 9.53 Å². The van der Waals surface area contributed by atoms with Gasteiger partial charge in [0, 0.05) is 0 Å². The standard InChI is InChI=1S/C12H12F3NO4/c13-7-2-1-3-8(11(7)12(18)19)16-10(17)4-5-20-6-9(14)15/h1-3,9H,4-6H2,(H,16,17)(H,18,19). The summed E-state index contributed by atoms with van der Waals surface area (Å²) in [6.07, 6.45) is -2.87. The summed E-state index contributed by atoms with van der Waals surface area (Å²) in [5, 5.41) is 11.0. The molecular weight excluding hydrogens is 279 g/mol. The lowest BCUT2D eigenvalue weighted by Crippen LogP contribution is -2.18.